The van der Waals surface area contributed by atoms with Gasteiger partial charge in [0, 0.05) is 11.8 Å². The number of alkyl halides is 2. The van der Waals surface area contributed by atoms with Crippen molar-refractivity contribution in [2.75, 3.05) is 12.3 Å². The summed E-state index contributed by atoms with van der Waals surface area (Å²) in [6.07, 6.45) is 4.02. The van der Waals surface area contributed by atoms with E-state index in [2.05, 4.69) is 15.0 Å². The topological polar surface area (TPSA) is 78.9 Å². The Morgan fingerprint density at radius 1 is 1.20 bits per heavy atom. The van der Waals surface area contributed by atoms with E-state index in [1.807, 2.05) is 30.3 Å². The summed E-state index contributed by atoms with van der Waals surface area (Å²) < 4.78 is 34.9. The summed E-state index contributed by atoms with van der Waals surface area (Å²) in [5.74, 6) is -3.61. The van der Waals surface area contributed by atoms with Crippen LogP contribution in [0.4, 0.5) is 14.6 Å². The van der Waals surface area contributed by atoms with E-state index in [-0.39, 0.29) is 18.0 Å². The summed E-state index contributed by atoms with van der Waals surface area (Å²) in [6.45, 7) is 0.260. The van der Waals surface area contributed by atoms with E-state index in [0.29, 0.717) is 17.8 Å². The summed E-state index contributed by atoms with van der Waals surface area (Å²) in [6, 6.07) is 9.44. The SMILES string of the molecule is Nc1ncnc2c1ncn2/C=C1/C(COCc2ccccc2)C1(F)F. The summed E-state index contributed by atoms with van der Waals surface area (Å²) in [5, 5.41) is 0. The molecule has 1 atom stereocenters. The van der Waals surface area contributed by atoms with Gasteiger partial charge in [-0.1, -0.05) is 30.3 Å². The fraction of sp³-hybridized carbons (Fsp3) is 0.235. The number of ether oxygens (including phenoxy) is 1. The van der Waals surface area contributed by atoms with Crippen molar-refractivity contribution in [2.45, 2.75) is 12.5 Å². The van der Waals surface area contributed by atoms with Crippen molar-refractivity contribution in [3.05, 3.63) is 54.1 Å². The maximum absolute atomic E-state index is 14.0. The van der Waals surface area contributed by atoms with E-state index in [4.69, 9.17) is 10.5 Å². The zero-order valence-electron chi connectivity index (χ0n) is 13.1. The molecule has 2 N–H and O–H groups in total. The van der Waals surface area contributed by atoms with Crippen LogP contribution in [0.1, 0.15) is 5.56 Å². The van der Waals surface area contributed by atoms with Crippen molar-refractivity contribution < 1.29 is 13.5 Å². The molecule has 1 aliphatic rings. The van der Waals surface area contributed by atoms with Gasteiger partial charge in [-0.15, -0.1) is 0 Å². The Balaban J connectivity index is 1.48. The quantitative estimate of drug-likeness (QED) is 0.771. The average molecular weight is 343 g/mol. The zero-order chi connectivity index (χ0) is 17.4. The van der Waals surface area contributed by atoms with Crippen LogP contribution in [0.5, 0.6) is 0 Å². The molecule has 128 valence electrons. The Bertz CT molecular complexity index is 939. The molecule has 25 heavy (non-hydrogen) atoms. The first-order chi connectivity index (χ1) is 12.1. The van der Waals surface area contributed by atoms with E-state index in [0.717, 1.165) is 5.56 Å². The van der Waals surface area contributed by atoms with Gasteiger partial charge in [-0.2, -0.15) is 0 Å². The number of anilines is 1. The van der Waals surface area contributed by atoms with Gasteiger partial charge in [0.2, 0.25) is 0 Å². The number of nitrogen functional groups attached to an aromatic ring is 1. The number of aromatic nitrogens is 4. The maximum Gasteiger partial charge on any atom is 0.280 e. The van der Waals surface area contributed by atoms with Gasteiger partial charge in [-0.05, 0) is 5.56 Å². The lowest BCUT2D eigenvalue weighted by molar-refractivity contribution is 0.0509. The molecule has 1 fully saturated rings. The van der Waals surface area contributed by atoms with Gasteiger partial charge < -0.3 is 10.5 Å². The third kappa shape index (κ3) is 2.85. The second-order valence-electron chi connectivity index (χ2n) is 5.84. The molecular weight excluding hydrogens is 328 g/mol. The van der Waals surface area contributed by atoms with Crippen molar-refractivity contribution in [2.24, 2.45) is 5.92 Å². The van der Waals surface area contributed by atoms with E-state index < -0.39 is 11.8 Å². The number of imidazole rings is 1. The first-order valence-electron chi connectivity index (χ1n) is 7.72. The second-order valence-corrected chi connectivity index (χ2v) is 5.84. The van der Waals surface area contributed by atoms with Crippen LogP contribution in [0.25, 0.3) is 17.4 Å². The monoisotopic (exact) mass is 343 g/mol. The normalized spacial score (nSPS) is 20.2. The third-order valence-corrected chi connectivity index (χ3v) is 4.18. The van der Waals surface area contributed by atoms with E-state index >= 15 is 0 Å². The molecule has 1 saturated carbocycles. The van der Waals surface area contributed by atoms with Gasteiger partial charge in [-0.25, -0.2) is 23.7 Å². The van der Waals surface area contributed by atoms with Crippen molar-refractivity contribution in [1.29, 1.82) is 0 Å². The molecule has 3 aromatic rings. The number of nitrogens with two attached hydrogens (primary N) is 1. The molecule has 4 rings (SSSR count). The molecule has 0 radical (unpaired) electrons. The number of benzene rings is 1. The second kappa shape index (κ2) is 5.89. The fourth-order valence-electron chi connectivity index (χ4n) is 2.71. The van der Waals surface area contributed by atoms with Gasteiger partial charge in [0.25, 0.3) is 5.92 Å². The minimum atomic E-state index is -2.88. The van der Waals surface area contributed by atoms with Crippen LogP contribution in [0, 0.1) is 5.92 Å². The van der Waals surface area contributed by atoms with Crippen molar-refractivity contribution in [1.82, 2.24) is 19.5 Å². The van der Waals surface area contributed by atoms with E-state index in [9.17, 15) is 8.78 Å². The van der Waals surface area contributed by atoms with Crippen LogP contribution in [0.15, 0.2) is 48.6 Å². The smallest absolute Gasteiger partial charge is 0.280 e. The lowest BCUT2D eigenvalue weighted by Gasteiger charge is -2.02. The number of fused-ring (bicyclic) bond motifs is 1. The van der Waals surface area contributed by atoms with Crippen LogP contribution >= 0.6 is 0 Å². The van der Waals surface area contributed by atoms with Gasteiger partial charge in [-0.3, -0.25) is 4.57 Å². The third-order valence-electron chi connectivity index (χ3n) is 4.18. The van der Waals surface area contributed by atoms with Gasteiger partial charge in [0.05, 0.1) is 19.1 Å². The largest absolute Gasteiger partial charge is 0.382 e. The summed E-state index contributed by atoms with van der Waals surface area (Å²) in [5.41, 5.74) is 7.43. The Morgan fingerprint density at radius 3 is 2.80 bits per heavy atom. The molecule has 1 unspecified atom stereocenters. The molecule has 2 heterocycles. The van der Waals surface area contributed by atoms with Crippen molar-refractivity contribution in [3.8, 4) is 0 Å². The Kier molecular flexibility index (Phi) is 3.69. The lowest BCUT2D eigenvalue weighted by atomic mass is 10.2. The minimum Gasteiger partial charge on any atom is -0.382 e. The first-order valence-corrected chi connectivity index (χ1v) is 7.72. The predicted octanol–water partition coefficient (Wildman–Crippen LogP) is 2.73. The molecule has 1 aromatic carbocycles. The summed E-state index contributed by atoms with van der Waals surface area (Å²) in [4.78, 5) is 11.9. The Hall–Kier alpha value is -2.87. The Labute approximate surface area is 142 Å². The van der Waals surface area contributed by atoms with Gasteiger partial charge >= 0.3 is 0 Å². The number of nitrogens with zero attached hydrogens (tertiary/aromatic N) is 4. The van der Waals surface area contributed by atoms with E-state index in [1.54, 1.807) is 0 Å². The van der Waals surface area contributed by atoms with Crippen LogP contribution < -0.4 is 5.73 Å². The molecular formula is C17H15F2N5O. The predicted molar refractivity (Wildman–Crippen MR) is 88.5 cm³/mol. The van der Waals surface area contributed by atoms with Crippen LogP contribution in [-0.2, 0) is 11.3 Å². The van der Waals surface area contributed by atoms with Crippen LogP contribution in [0.2, 0.25) is 0 Å². The molecule has 1 aliphatic carbocycles. The minimum absolute atomic E-state index is 0.00274. The van der Waals surface area contributed by atoms with Gasteiger partial charge in [0.15, 0.2) is 17.0 Å². The average Bonchev–Trinajstić information content (AvgIpc) is 2.94. The molecule has 2 aromatic heterocycles. The van der Waals surface area contributed by atoms with E-state index in [1.165, 1.54) is 23.4 Å². The van der Waals surface area contributed by atoms with Crippen molar-refractivity contribution >= 4 is 23.2 Å². The lowest BCUT2D eigenvalue weighted by Crippen LogP contribution is -2.03. The Morgan fingerprint density at radius 2 is 2.00 bits per heavy atom. The molecule has 0 aliphatic heterocycles. The fourth-order valence-corrected chi connectivity index (χ4v) is 2.71. The molecule has 6 nitrogen and oxygen atoms in total. The number of rotatable bonds is 5. The van der Waals surface area contributed by atoms with Gasteiger partial charge in [0.1, 0.15) is 12.7 Å². The zero-order valence-corrected chi connectivity index (χ0v) is 13.1. The summed E-state index contributed by atoms with van der Waals surface area (Å²) >= 11 is 0. The number of halogens is 2. The number of hydrogen-bond donors (Lipinski definition) is 1. The highest BCUT2D eigenvalue weighted by Gasteiger charge is 2.63. The standard InChI is InChI=1S/C17H15F2N5O/c18-17(19)12(13(17)8-25-7-11-4-2-1-3-5-11)6-24-10-23-14-15(20)21-9-22-16(14)24/h1-6,9-10,13H,7-8H2,(H2,20,21,22)/b12-6-. The highest BCUT2D eigenvalue weighted by molar-refractivity contribution is 5.82. The highest BCUT2D eigenvalue weighted by Crippen LogP contribution is 2.55. The maximum atomic E-state index is 14.0. The van der Waals surface area contributed by atoms with Crippen molar-refractivity contribution in [3.63, 3.8) is 0 Å². The molecule has 0 spiro atoms. The summed E-state index contributed by atoms with van der Waals surface area (Å²) in [7, 11) is 0. The molecule has 0 amide bonds. The number of hydrogen-bond acceptors (Lipinski definition) is 5. The molecule has 0 saturated heterocycles. The van der Waals surface area contributed by atoms with Crippen LogP contribution in [0.3, 0.4) is 0 Å². The highest BCUT2D eigenvalue weighted by atomic mass is 19.3. The van der Waals surface area contributed by atoms with Crippen LogP contribution in [-0.4, -0.2) is 32.0 Å². The molecule has 8 heteroatoms. The first kappa shape index (κ1) is 15.6. The molecule has 0 bridgehead atoms.